The summed E-state index contributed by atoms with van der Waals surface area (Å²) in [4.78, 5) is 1.97. The number of benzene rings is 2. The molecule has 1 aliphatic rings. The first-order valence-corrected chi connectivity index (χ1v) is 8.71. The first-order chi connectivity index (χ1) is 12.8. The number of aromatic nitrogens is 4. The second kappa shape index (κ2) is 7.63. The average Bonchev–Trinajstić information content (AvgIpc) is 3.02. The maximum Gasteiger partial charge on any atom is 0.246 e. The third kappa shape index (κ3) is 3.74. The zero-order chi connectivity index (χ0) is 17.8. The molecule has 1 atom stereocenters. The quantitative estimate of drug-likeness (QED) is 0.769. The molecule has 0 aliphatic carbocycles. The van der Waals surface area contributed by atoms with E-state index in [9.17, 15) is 5.11 Å². The van der Waals surface area contributed by atoms with Gasteiger partial charge in [-0.25, -0.2) is 4.68 Å². The highest BCUT2D eigenvalue weighted by Crippen LogP contribution is 2.20. The first-order valence-electron chi connectivity index (χ1n) is 8.71. The number of β-amino-alcohol motifs (C(OH)–C–C–N with tert-alkyl or cyclic N) is 1. The van der Waals surface area contributed by atoms with Crippen LogP contribution in [0.2, 0.25) is 0 Å². The van der Waals surface area contributed by atoms with Crippen LogP contribution in [0.25, 0.3) is 11.1 Å². The summed E-state index contributed by atoms with van der Waals surface area (Å²) < 4.78 is 7.14. The van der Waals surface area contributed by atoms with Crippen molar-refractivity contribution in [2.75, 3.05) is 31.2 Å². The van der Waals surface area contributed by atoms with Crippen LogP contribution in [0.5, 0.6) is 0 Å². The molecule has 1 unspecified atom stereocenters. The second-order valence-electron chi connectivity index (χ2n) is 6.37. The van der Waals surface area contributed by atoms with Crippen molar-refractivity contribution in [3.8, 4) is 11.1 Å². The normalized spacial score (nSPS) is 17.9. The predicted molar refractivity (Wildman–Crippen MR) is 97.8 cm³/mol. The number of aliphatic hydroxyl groups excluding tert-OH is 1. The molecule has 2 aromatic carbocycles. The van der Waals surface area contributed by atoms with E-state index >= 15 is 0 Å². The summed E-state index contributed by atoms with van der Waals surface area (Å²) in [6, 6.07) is 18.7. The van der Waals surface area contributed by atoms with Crippen molar-refractivity contribution in [2.45, 2.75) is 12.6 Å². The molecular weight excluding hydrogens is 330 g/mol. The molecule has 1 aliphatic heterocycles. The molecule has 1 fully saturated rings. The van der Waals surface area contributed by atoms with Gasteiger partial charge in [-0.05, 0) is 27.1 Å². The molecule has 4 rings (SSSR count). The number of rotatable bonds is 4. The van der Waals surface area contributed by atoms with E-state index in [-0.39, 0.29) is 0 Å². The van der Waals surface area contributed by atoms with Gasteiger partial charge in [-0.2, -0.15) is 0 Å². The van der Waals surface area contributed by atoms with Gasteiger partial charge in [0.2, 0.25) is 5.95 Å². The molecule has 7 nitrogen and oxygen atoms in total. The van der Waals surface area contributed by atoms with E-state index in [1.165, 1.54) is 11.1 Å². The largest absolute Gasteiger partial charge is 0.389 e. The molecule has 0 radical (unpaired) electrons. The Morgan fingerprint density at radius 3 is 2.62 bits per heavy atom. The van der Waals surface area contributed by atoms with Crippen LogP contribution in [0.3, 0.4) is 0 Å². The van der Waals surface area contributed by atoms with Gasteiger partial charge in [-0.3, -0.25) is 0 Å². The van der Waals surface area contributed by atoms with E-state index in [0.717, 1.165) is 5.56 Å². The van der Waals surface area contributed by atoms with E-state index in [2.05, 4.69) is 51.9 Å². The lowest BCUT2D eigenvalue weighted by atomic mass is 10.0. The van der Waals surface area contributed by atoms with Crippen LogP contribution < -0.4 is 4.90 Å². The van der Waals surface area contributed by atoms with Crippen molar-refractivity contribution in [3.63, 3.8) is 0 Å². The molecule has 1 saturated heterocycles. The highest BCUT2D eigenvalue weighted by atomic mass is 16.5. The molecule has 3 aromatic rings. The summed E-state index contributed by atoms with van der Waals surface area (Å²) >= 11 is 0. The van der Waals surface area contributed by atoms with E-state index in [1.54, 1.807) is 4.68 Å². The Labute approximate surface area is 151 Å². The van der Waals surface area contributed by atoms with E-state index in [1.807, 2.05) is 23.1 Å². The Morgan fingerprint density at radius 2 is 1.81 bits per heavy atom. The lowest BCUT2D eigenvalue weighted by molar-refractivity contribution is 0.0597. The first kappa shape index (κ1) is 16.7. The molecular formula is C19H21N5O2. The highest BCUT2D eigenvalue weighted by molar-refractivity contribution is 5.63. The Bertz CT molecular complexity index is 835. The summed E-state index contributed by atoms with van der Waals surface area (Å²) in [6.45, 7) is 2.59. The van der Waals surface area contributed by atoms with E-state index < -0.39 is 6.10 Å². The SMILES string of the molecule is OC1COCCN(c2nnnn2Cc2ccc(-c3ccccc3)cc2)C1. The molecule has 26 heavy (non-hydrogen) atoms. The summed E-state index contributed by atoms with van der Waals surface area (Å²) in [6.07, 6.45) is -0.534. The summed E-state index contributed by atoms with van der Waals surface area (Å²) in [5, 5.41) is 22.0. The Kier molecular flexibility index (Phi) is 4.90. The van der Waals surface area contributed by atoms with Crippen LogP contribution in [0.4, 0.5) is 5.95 Å². The van der Waals surface area contributed by atoms with Gasteiger partial charge in [0, 0.05) is 13.1 Å². The number of nitrogens with zero attached hydrogens (tertiary/aromatic N) is 5. The molecule has 0 spiro atoms. The van der Waals surface area contributed by atoms with E-state index in [0.29, 0.717) is 38.8 Å². The third-order valence-electron chi connectivity index (χ3n) is 4.44. The maximum atomic E-state index is 9.93. The van der Waals surface area contributed by atoms with Crippen molar-refractivity contribution in [1.29, 1.82) is 0 Å². The lowest BCUT2D eigenvalue weighted by Crippen LogP contribution is -2.34. The van der Waals surface area contributed by atoms with Gasteiger partial charge in [0.25, 0.3) is 0 Å². The van der Waals surface area contributed by atoms with Crippen LogP contribution in [0.15, 0.2) is 54.6 Å². The molecule has 2 heterocycles. The molecule has 0 amide bonds. The molecule has 1 aromatic heterocycles. The Morgan fingerprint density at radius 1 is 1.04 bits per heavy atom. The van der Waals surface area contributed by atoms with Gasteiger partial charge in [0.1, 0.15) is 0 Å². The van der Waals surface area contributed by atoms with E-state index in [4.69, 9.17) is 4.74 Å². The lowest BCUT2D eigenvalue weighted by Gasteiger charge is -2.21. The summed E-state index contributed by atoms with van der Waals surface area (Å²) in [5.41, 5.74) is 3.49. The molecule has 0 saturated carbocycles. The average molecular weight is 351 g/mol. The highest BCUT2D eigenvalue weighted by Gasteiger charge is 2.21. The molecule has 0 bridgehead atoms. The topological polar surface area (TPSA) is 76.3 Å². The Hall–Kier alpha value is -2.77. The number of anilines is 1. The van der Waals surface area contributed by atoms with Gasteiger partial charge in [-0.15, -0.1) is 0 Å². The smallest absolute Gasteiger partial charge is 0.246 e. The molecule has 7 heteroatoms. The van der Waals surface area contributed by atoms with Crippen LogP contribution >= 0.6 is 0 Å². The zero-order valence-electron chi connectivity index (χ0n) is 14.4. The monoisotopic (exact) mass is 351 g/mol. The van der Waals surface area contributed by atoms with Crippen molar-refractivity contribution in [2.24, 2.45) is 0 Å². The van der Waals surface area contributed by atoms with Gasteiger partial charge >= 0.3 is 0 Å². The van der Waals surface area contributed by atoms with Crippen LogP contribution in [-0.2, 0) is 11.3 Å². The zero-order valence-corrected chi connectivity index (χ0v) is 14.4. The number of hydrogen-bond acceptors (Lipinski definition) is 6. The van der Waals surface area contributed by atoms with Crippen molar-refractivity contribution in [3.05, 3.63) is 60.2 Å². The van der Waals surface area contributed by atoms with Crippen LogP contribution in [0, 0.1) is 0 Å². The fourth-order valence-corrected chi connectivity index (χ4v) is 3.11. The minimum atomic E-state index is -0.534. The van der Waals surface area contributed by atoms with Gasteiger partial charge in [0.05, 0.1) is 25.9 Å². The van der Waals surface area contributed by atoms with Crippen LogP contribution in [-0.4, -0.2) is 57.7 Å². The van der Waals surface area contributed by atoms with Crippen LogP contribution in [0.1, 0.15) is 5.56 Å². The number of aliphatic hydroxyl groups is 1. The van der Waals surface area contributed by atoms with Gasteiger partial charge in [-0.1, -0.05) is 59.7 Å². The third-order valence-corrected chi connectivity index (χ3v) is 4.44. The van der Waals surface area contributed by atoms with Crippen molar-refractivity contribution < 1.29 is 9.84 Å². The van der Waals surface area contributed by atoms with Gasteiger partial charge in [0.15, 0.2) is 0 Å². The molecule has 1 N–H and O–H groups in total. The maximum absolute atomic E-state index is 9.93. The number of ether oxygens (including phenoxy) is 1. The van der Waals surface area contributed by atoms with Crippen molar-refractivity contribution in [1.82, 2.24) is 20.2 Å². The molecule has 134 valence electrons. The second-order valence-corrected chi connectivity index (χ2v) is 6.37. The number of tetrazole rings is 1. The predicted octanol–water partition coefficient (Wildman–Crippen LogP) is 1.59. The fraction of sp³-hybridized carbons (Fsp3) is 0.316. The van der Waals surface area contributed by atoms with Crippen molar-refractivity contribution >= 4 is 5.95 Å². The standard InChI is InChI=1S/C19H21N5O2/c25-18-13-23(10-11-26-14-18)19-20-21-22-24(19)12-15-6-8-17(9-7-15)16-4-2-1-3-5-16/h1-9,18,25H,10-14H2. The fourth-order valence-electron chi connectivity index (χ4n) is 3.11. The minimum Gasteiger partial charge on any atom is -0.389 e. The summed E-state index contributed by atoms with van der Waals surface area (Å²) in [7, 11) is 0. The Balaban J connectivity index is 1.50. The minimum absolute atomic E-state index is 0.346. The summed E-state index contributed by atoms with van der Waals surface area (Å²) in [5.74, 6) is 0.654. The number of hydrogen-bond donors (Lipinski definition) is 1. The van der Waals surface area contributed by atoms with Gasteiger partial charge < -0.3 is 14.7 Å².